The van der Waals surface area contributed by atoms with Crippen LogP contribution in [0.3, 0.4) is 0 Å². The van der Waals surface area contributed by atoms with Crippen LogP contribution in [0.4, 0.5) is 5.69 Å². The van der Waals surface area contributed by atoms with Crippen LogP contribution >= 0.6 is 0 Å². The number of hydrogen-bond donors (Lipinski definition) is 1. The Balaban J connectivity index is 1.40. The van der Waals surface area contributed by atoms with Crippen LogP contribution in [-0.2, 0) is 20.8 Å². The molecule has 2 heterocycles. The van der Waals surface area contributed by atoms with Gasteiger partial charge in [0.1, 0.15) is 6.10 Å². The van der Waals surface area contributed by atoms with Crippen molar-refractivity contribution in [3.63, 3.8) is 0 Å². The van der Waals surface area contributed by atoms with Gasteiger partial charge < -0.3 is 19.7 Å². The largest absolute Gasteiger partial charge is 0.376 e. The predicted octanol–water partition coefficient (Wildman–Crippen LogP) is 2.49. The number of carbonyl (C=O) groups excluding carboxylic acids is 1. The molecule has 0 radical (unpaired) electrons. The van der Waals surface area contributed by atoms with E-state index < -0.39 is 6.10 Å². The van der Waals surface area contributed by atoms with Crippen molar-refractivity contribution in [2.75, 3.05) is 31.2 Å². The highest BCUT2D eigenvalue weighted by Crippen LogP contribution is 2.20. The van der Waals surface area contributed by atoms with Gasteiger partial charge in [0.2, 0.25) is 5.91 Å². The van der Waals surface area contributed by atoms with Crippen molar-refractivity contribution in [1.82, 2.24) is 5.32 Å². The van der Waals surface area contributed by atoms with E-state index in [0.29, 0.717) is 13.2 Å². The smallest absolute Gasteiger partial charge is 0.249 e. The number of rotatable bonds is 7. The Morgan fingerprint density at radius 2 is 2.04 bits per heavy atom. The van der Waals surface area contributed by atoms with Crippen LogP contribution in [0.2, 0.25) is 0 Å². The lowest BCUT2D eigenvalue weighted by Crippen LogP contribution is -2.35. The number of amides is 1. The summed E-state index contributed by atoms with van der Waals surface area (Å²) in [5.41, 5.74) is 2.38. The average molecular weight is 332 g/mol. The summed E-state index contributed by atoms with van der Waals surface area (Å²) in [5.74, 6) is -0.0726. The fourth-order valence-electron chi connectivity index (χ4n) is 3.24. The average Bonchev–Trinajstić information content (AvgIpc) is 3.31. The molecule has 0 bridgehead atoms. The van der Waals surface area contributed by atoms with Crippen LogP contribution in [0.5, 0.6) is 0 Å². The van der Waals surface area contributed by atoms with Crippen molar-refractivity contribution in [3.8, 4) is 0 Å². The molecule has 5 nitrogen and oxygen atoms in total. The number of anilines is 1. The molecule has 132 valence electrons. The molecule has 0 aliphatic carbocycles. The maximum Gasteiger partial charge on any atom is 0.249 e. The number of ether oxygens (including phenoxy) is 2. The lowest BCUT2D eigenvalue weighted by Gasteiger charge is -2.18. The van der Waals surface area contributed by atoms with Gasteiger partial charge in [-0.05, 0) is 50.3 Å². The van der Waals surface area contributed by atoms with Crippen LogP contribution in [0.25, 0.3) is 0 Å². The van der Waals surface area contributed by atoms with E-state index in [9.17, 15) is 4.79 Å². The van der Waals surface area contributed by atoms with Gasteiger partial charge in [-0.3, -0.25) is 4.79 Å². The normalized spacial score (nSPS) is 21.9. The Morgan fingerprint density at radius 1 is 1.29 bits per heavy atom. The number of benzene rings is 1. The Kier molecular flexibility index (Phi) is 6.10. The standard InChI is InChI=1S/C19H28N2O3/c1-15(24-14-18-5-4-12-23-18)19(22)20-13-16-6-8-17(9-7-16)21-10-2-3-11-21/h6-9,15,18H,2-5,10-14H2,1H3,(H,20,22). The van der Waals surface area contributed by atoms with Crippen LogP contribution in [0.15, 0.2) is 24.3 Å². The Morgan fingerprint density at radius 3 is 2.71 bits per heavy atom. The number of nitrogens with one attached hydrogen (secondary N) is 1. The second kappa shape index (κ2) is 8.49. The van der Waals surface area contributed by atoms with E-state index >= 15 is 0 Å². The Labute approximate surface area is 144 Å². The number of hydrogen-bond acceptors (Lipinski definition) is 4. The van der Waals surface area contributed by atoms with E-state index in [1.54, 1.807) is 6.92 Å². The van der Waals surface area contributed by atoms with Gasteiger partial charge in [-0.25, -0.2) is 0 Å². The highest BCUT2D eigenvalue weighted by molar-refractivity contribution is 5.80. The first kappa shape index (κ1) is 17.2. The summed E-state index contributed by atoms with van der Waals surface area (Å²) >= 11 is 0. The van der Waals surface area contributed by atoms with E-state index in [4.69, 9.17) is 9.47 Å². The quantitative estimate of drug-likeness (QED) is 0.833. The molecule has 0 spiro atoms. The molecule has 2 saturated heterocycles. The molecule has 2 aliphatic heterocycles. The topological polar surface area (TPSA) is 50.8 Å². The highest BCUT2D eigenvalue weighted by Gasteiger charge is 2.19. The molecule has 0 saturated carbocycles. The second-order valence-electron chi connectivity index (χ2n) is 6.69. The fraction of sp³-hybridized carbons (Fsp3) is 0.632. The summed E-state index contributed by atoms with van der Waals surface area (Å²) in [5, 5.41) is 2.94. The van der Waals surface area contributed by atoms with E-state index in [1.807, 2.05) is 0 Å². The van der Waals surface area contributed by atoms with Crippen molar-refractivity contribution in [2.24, 2.45) is 0 Å². The zero-order valence-electron chi connectivity index (χ0n) is 14.5. The number of carbonyl (C=O) groups is 1. The van der Waals surface area contributed by atoms with Crippen molar-refractivity contribution in [2.45, 2.75) is 51.4 Å². The molecule has 1 aromatic carbocycles. The van der Waals surface area contributed by atoms with Crippen LogP contribution in [-0.4, -0.2) is 44.4 Å². The van der Waals surface area contributed by atoms with Crippen LogP contribution < -0.4 is 10.2 Å². The fourth-order valence-corrected chi connectivity index (χ4v) is 3.24. The molecule has 2 fully saturated rings. The first-order valence-corrected chi connectivity index (χ1v) is 9.07. The molecule has 2 atom stereocenters. The first-order chi connectivity index (χ1) is 11.7. The predicted molar refractivity (Wildman–Crippen MR) is 94.1 cm³/mol. The van der Waals surface area contributed by atoms with E-state index in [-0.39, 0.29) is 12.0 Å². The third-order valence-electron chi connectivity index (χ3n) is 4.80. The lowest BCUT2D eigenvalue weighted by molar-refractivity contribution is -0.133. The Hall–Kier alpha value is -1.59. The van der Waals surface area contributed by atoms with Gasteiger partial charge in [0.25, 0.3) is 0 Å². The minimum Gasteiger partial charge on any atom is -0.376 e. The molecule has 5 heteroatoms. The summed E-state index contributed by atoms with van der Waals surface area (Å²) in [6.07, 6.45) is 4.37. The van der Waals surface area contributed by atoms with Gasteiger partial charge in [-0.1, -0.05) is 12.1 Å². The van der Waals surface area contributed by atoms with Crippen molar-refractivity contribution in [1.29, 1.82) is 0 Å². The van der Waals surface area contributed by atoms with Crippen molar-refractivity contribution >= 4 is 11.6 Å². The summed E-state index contributed by atoms with van der Waals surface area (Å²) < 4.78 is 11.1. The molecule has 1 N–H and O–H groups in total. The van der Waals surface area contributed by atoms with Gasteiger partial charge >= 0.3 is 0 Å². The molecular weight excluding hydrogens is 304 g/mol. The maximum atomic E-state index is 12.1. The summed E-state index contributed by atoms with van der Waals surface area (Å²) in [6, 6.07) is 8.46. The number of nitrogens with zero attached hydrogens (tertiary/aromatic N) is 1. The molecular formula is C19H28N2O3. The van der Waals surface area contributed by atoms with Crippen molar-refractivity contribution < 1.29 is 14.3 Å². The van der Waals surface area contributed by atoms with E-state index in [2.05, 4.69) is 34.5 Å². The molecule has 1 amide bonds. The SMILES string of the molecule is CC(OCC1CCCO1)C(=O)NCc1ccc(N2CCCC2)cc1. The first-order valence-electron chi connectivity index (χ1n) is 9.07. The van der Waals surface area contributed by atoms with Gasteiger partial charge in [0, 0.05) is 31.9 Å². The summed E-state index contributed by atoms with van der Waals surface area (Å²) in [7, 11) is 0. The minimum atomic E-state index is -0.446. The van der Waals surface area contributed by atoms with E-state index in [1.165, 1.54) is 18.5 Å². The lowest BCUT2D eigenvalue weighted by atomic mass is 10.2. The van der Waals surface area contributed by atoms with Crippen LogP contribution in [0.1, 0.15) is 38.2 Å². The summed E-state index contributed by atoms with van der Waals surface area (Å²) in [4.78, 5) is 14.5. The van der Waals surface area contributed by atoms with Crippen molar-refractivity contribution in [3.05, 3.63) is 29.8 Å². The monoisotopic (exact) mass is 332 g/mol. The van der Waals surface area contributed by atoms with Gasteiger partial charge in [0.05, 0.1) is 12.7 Å². The zero-order valence-corrected chi connectivity index (χ0v) is 14.5. The Bertz CT molecular complexity index is 520. The molecule has 1 aromatic rings. The zero-order chi connectivity index (χ0) is 16.8. The second-order valence-corrected chi connectivity index (χ2v) is 6.69. The molecule has 3 rings (SSSR count). The minimum absolute atomic E-state index is 0.0726. The summed E-state index contributed by atoms with van der Waals surface area (Å²) in [6.45, 7) is 5.93. The van der Waals surface area contributed by atoms with Gasteiger partial charge in [-0.2, -0.15) is 0 Å². The third-order valence-corrected chi connectivity index (χ3v) is 4.80. The third kappa shape index (κ3) is 4.71. The van der Waals surface area contributed by atoms with Crippen LogP contribution in [0, 0.1) is 0 Å². The molecule has 24 heavy (non-hydrogen) atoms. The maximum absolute atomic E-state index is 12.1. The molecule has 0 aromatic heterocycles. The van der Waals surface area contributed by atoms with Gasteiger partial charge in [-0.15, -0.1) is 0 Å². The van der Waals surface area contributed by atoms with Gasteiger partial charge in [0.15, 0.2) is 0 Å². The van der Waals surface area contributed by atoms with E-state index in [0.717, 1.165) is 38.1 Å². The molecule has 2 aliphatic rings. The molecule has 2 unspecified atom stereocenters. The highest BCUT2D eigenvalue weighted by atomic mass is 16.5.